The van der Waals surface area contributed by atoms with Gasteiger partial charge in [0.15, 0.2) is 11.9 Å². The van der Waals surface area contributed by atoms with E-state index < -0.39 is 41.6 Å². The Kier molecular flexibility index (Phi) is 3.59. The van der Waals surface area contributed by atoms with E-state index in [-0.39, 0.29) is 0 Å². The molecule has 0 amide bonds. The number of azide groups is 1. The Hall–Kier alpha value is -2.20. The second kappa shape index (κ2) is 4.97. The largest absolute Gasteiger partial charge is 0.393 e. The van der Waals surface area contributed by atoms with Crippen molar-refractivity contribution >= 4 is 0 Å². The summed E-state index contributed by atoms with van der Waals surface area (Å²) in [5.74, 6) is 0. The molecule has 3 N–H and O–H groups in total. The summed E-state index contributed by atoms with van der Waals surface area (Å²) in [7, 11) is 0. The molecule has 0 aliphatic carbocycles. The lowest BCUT2D eigenvalue weighted by molar-refractivity contribution is -0.125. The zero-order valence-corrected chi connectivity index (χ0v) is 10.8. The SMILES string of the molecule is CC1(F)C(O)[C@@](CO)(N=[N+]=[N-])O[C@@H]1n1ccc(=O)[nH]c1=O. The number of rotatable bonds is 3. The summed E-state index contributed by atoms with van der Waals surface area (Å²) in [5, 5.41) is 22.3. The van der Waals surface area contributed by atoms with E-state index >= 15 is 0 Å². The van der Waals surface area contributed by atoms with Gasteiger partial charge in [-0.1, -0.05) is 5.11 Å². The fourth-order valence-electron chi connectivity index (χ4n) is 2.20. The van der Waals surface area contributed by atoms with Crippen LogP contribution in [0.5, 0.6) is 0 Å². The Morgan fingerprint density at radius 2 is 2.33 bits per heavy atom. The molecule has 10 nitrogen and oxygen atoms in total. The second-order valence-corrected chi connectivity index (χ2v) is 4.73. The molecule has 0 saturated carbocycles. The standard InChI is InChI=1S/C10H12FN5O5/c1-9(11)6(19)10(4-17,14-15-12)21-7(9)16-3-2-5(18)13-8(16)20/h2-3,6-7,17,19H,4H2,1H3,(H,13,18,20)/t6?,7-,9?,10-/m0/s1. The van der Waals surface area contributed by atoms with Crippen LogP contribution >= 0.6 is 0 Å². The minimum absolute atomic E-state index is 0.689. The van der Waals surface area contributed by atoms with Crippen molar-refractivity contribution < 1.29 is 19.3 Å². The first-order valence-corrected chi connectivity index (χ1v) is 5.82. The third-order valence-corrected chi connectivity index (χ3v) is 3.30. The van der Waals surface area contributed by atoms with Gasteiger partial charge in [0.2, 0.25) is 5.72 Å². The molecule has 1 aromatic rings. The summed E-state index contributed by atoms with van der Waals surface area (Å²) in [4.78, 5) is 27.0. The van der Waals surface area contributed by atoms with E-state index in [0.717, 1.165) is 19.2 Å². The summed E-state index contributed by atoms with van der Waals surface area (Å²) in [6.45, 7) is -0.0729. The smallest absolute Gasteiger partial charge is 0.330 e. The third kappa shape index (κ3) is 2.21. The number of aliphatic hydroxyl groups is 2. The van der Waals surface area contributed by atoms with Gasteiger partial charge in [0.05, 0.1) is 6.61 Å². The molecular formula is C10H12FN5O5. The van der Waals surface area contributed by atoms with Crippen LogP contribution in [0, 0.1) is 0 Å². The molecule has 114 valence electrons. The van der Waals surface area contributed by atoms with Crippen LogP contribution in [0.3, 0.4) is 0 Å². The molecule has 2 unspecified atom stereocenters. The van der Waals surface area contributed by atoms with Gasteiger partial charge in [-0.2, -0.15) is 0 Å². The first kappa shape index (κ1) is 15.2. The summed E-state index contributed by atoms with van der Waals surface area (Å²) in [6.07, 6.45) is -2.75. The number of hydrogen-bond donors (Lipinski definition) is 3. The topological polar surface area (TPSA) is 153 Å². The van der Waals surface area contributed by atoms with Crippen molar-refractivity contribution in [1.29, 1.82) is 0 Å². The van der Waals surface area contributed by atoms with Crippen LogP contribution in [0.1, 0.15) is 13.2 Å². The van der Waals surface area contributed by atoms with Gasteiger partial charge in [-0.15, -0.1) is 0 Å². The molecule has 1 saturated heterocycles. The highest BCUT2D eigenvalue weighted by molar-refractivity contribution is 5.07. The minimum atomic E-state index is -2.56. The molecule has 1 aromatic heterocycles. The van der Waals surface area contributed by atoms with Gasteiger partial charge in [-0.05, 0) is 12.5 Å². The average molecular weight is 301 g/mol. The predicted octanol–water partition coefficient (Wildman–Crippen LogP) is -0.847. The average Bonchev–Trinajstić information content (AvgIpc) is 2.61. The van der Waals surface area contributed by atoms with Gasteiger partial charge < -0.3 is 14.9 Å². The number of nitrogens with zero attached hydrogens (tertiary/aromatic N) is 4. The second-order valence-electron chi connectivity index (χ2n) is 4.73. The summed E-state index contributed by atoms with van der Waals surface area (Å²) in [6, 6.07) is 0.958. The van der Waals surface area contributed by atoms with E-state index in [1.54, 1.807) is 0 Å². The molecule has 1 aliphatic heterocycles. The lowest BCUT2D eigenvalue weighted by Gasteiger charge is -2.26. The van der Waals surface area contributed by atoms with Crippen molar-refractivity contribution in [1.82, 2.24) is 9.55 Å². The normalized spacial score (nSPS) is 35.4. The first-order valence-electron chi connectivity index (χ1n) is 5.82. The number of halogens is 1. The minimum Gasteiger partial charge on any atom is -0.393 e. The number of aliphatic hydroxyl groups excluding tert-OH is 2. The van der Waals surface area contributed by atoms with Gasteiger partial charge in [0, 0.05) is 17.2 Å². The zero-order valence-electron chi connectivity index (χ0n) is 10.8. The van der Waals surface area contributed by atoms with Crippen molar-refractivity contribution in [2.24, 2.45) is 5.11 Å². The molecule has 2 heterocycles. The highest BCUT2D eigenvalue weighted by Crippen LogP contribution is 2.46. The van der Waals surface area contributed by atoms with Crippen LogP contribution in [0.25, 0.3) is 10.4 Å². The van der Waals surface area contributed by atoms with E-state index in [4.69, 9.17) is 10.3 Å². The molecule has 0 radical (unpaired) electrons. The molecule has 1 fully saturated rings. The van der Waals surface area contributed by atoms with Crippen LogP contribution in [-0.4, -0.2) is 43.9 Å². The van der Waals surface area contributed by atoms with Crippen LogP contribution in [0.4, 0.5) is 4.39 Å². The van der Waals surface area contributed by atoms with Crippen molar-refractivity contribution in [3.05, 3.63) is 43.5 Å². The summed E-state index contributed by atoms with van der Waals surface area (Å²) in [5.41, 5.74) is 1.99. The number of hydrogen-bond acceptors (Lipinski definition) is 6. The van der Waals surface area contributed by atoms with Crippen molar-refractivity contribution in [3.8, 4) is 0 Å². The zero-order chi connectivity index (χ0) is 15.8. The van der Waals surface area contributed by atoms with Gasteiger partial charge >= 0.3 is 5.69 Å². The van der Waals surface area contributed by atoms with E-state index in [2.05, 4.69) is 10.0 Å². The Morgan fingerprint density at radius 1 is 1.67 bits per heavy atom. The Balaban J connectivity index is 2.58. The van der Waals surface area contributed by atoms with E-state index in [1.807, 2.05) is 4.98 Å². The van der Waals surface area contributed by atoms with E-state index in [1.165, 1.54) is 0 Å². The maximum Gasteiger partial charge on any atom is 0.330 e. The number of nitrogens with one attached hydrogen (secondary N) is 1. The number of aromatic amines is 1. The lowest BCUT2D eigenvalue weighted by Crippen LogP contribution is -2.48. The number of aromatic nitrogens is 2. The molecule has 21 heavy (non-hydrogen) atoms. The molecule has 11 heteroatoms. The number of alkyl halides is 1. The fraction of sp³-hybridized carbons (Fsp3) is 0.600. The predicted molar refractivity (Wildman–Crippen MR) is 65.9 cm³/mol. The third-order valence-electron chi connectivity index (χ3n) is 3.30. The lowest BCUT2D eigenvalue weighted by atomic mass is 9.95. The van der Waals surface area contributed by atoms with Gasteiger partial charge in [-0.25, -0.2) is 9.18 Å². The van der Waals surface area contributed by atoms with E-state index in [0.29, 0.717) is 4.57 Å². The fourth-order valence-corrected chi connectivity index (χ4v) is 2.20. The maximum atomic E-state index is 14.7. The van der Waals surface area contributed by atoms with Gasteiger partial charge in [0.1, 0.15) is 6.10 Å². The van der Waals surface area contributed by atoms with Crippen LogP contribution < -0.4 is 11.2 Å². The Morgan fingerprint density at radius 3 is 2.86 bits per heavy atom. The number of H-pyrrole nitrogens is 1. The molecule has 4 atom stereocenters. The number of ether oxygens (including phenoxy) is 1. The monoisotopic (exact) mass is 301 g/mol. The maximum absolute atomic E-state index is 14.7. The van der Waals surface area contributed by atoms with Crippen LogP contribution in [-0.2, 0) is 4.74 Å². The van der Waals surface area contributed by atoms with Crippen LogP contribution in [0.2, 0.25) is 0 Å². The highest BCUT2D eigenvalue weighted by Gasteiger charge is 2.63. The van der Waals surface area contributed by atoms with Gasteiger partial charge in [0.25, 0.3) is 5.56 Å². The molecule has 2 rings (SSSR count). The van der Waals surface area contributed by atoms with Crippen molar-refractivity contribution in [2.75, 3.05) is 6.61 Å². The van der Waals surface area contributed by atoms with Gasteiger partial charge in [-0.3, -0.25) is 14.3 Å². The summed E-state index contributed by atoms with van der Waals surface area (Å²) >= 11 is 0. The molecule has 0 bridgehead atoms. The molecule has 0 aromatic carbocycles. The first-order chi connectivity index (χ1) is 9.78. The molecule has 0 spiro atoms. The van der Waals surface area contributed by atoms with Crippen molar-refractivity contribution in [3.63, 3.8) is 0 Å². The highest BCUT2D eigenvalue weighted by atomic mass is 19.1. The summed E-state index contributed by atoms with van der Waals surface area (Å²) < 4.78 is 20.5. The van der Waals surface area contributed by atoms with Crippen molar-refractivity contribution in [2.45, 2.75) is 30.6 Å². The Bertz CT molecular complexity index is 708. The molecular weight excluding hydrogens is 289 g/mol. The Labute approximate surface area is 116 Å². The van der Waals surface area contributed by atoms with Crippen LogP contribution in [0.15, 0.2) is 27.0 Å². The quantitative estimate of drug-likeness (QED) is 0.377. The molecule has 1 aliphatic rings. The van der Waals surface area contributed by atoms with E-state index in [9.17, 15) is 24.2 Å².